The maximum absolute atomic E-state index is 13.8. The van der Waals surface area contributed by atoms with Crippen LogP contribution in [-0.2, 0) is 38.4 Å². The van der Waals surface area contributed by atoms with Gasteiger partial charge in [0.05, 0.1) is 74.4 Å². The number of unbranched alkanes of at least 4 members (excludes halogenated alkanes) is 4. The van der Waals surface area contributed by atoms with Crippen LogP contribution in [0, 0.1) is 11.8 Å². The second-order valence-electron chi connectivity index (χ2n) is 18.3. The summed E-state index contributed by atoms with van der Waals surface area (Å²) in [6.45, 7) is 10.7. The lowest BCUT2D eigenvalue weighted by atomic mass is 9.90. The van der Waals surface area contributed by atoms with Gasteiger partial charge in [-0.2, -0.15) is 10.1 Å². The highest BCUT2D eigenvalue weighted by molar-refractivity contribution is 5.97. The monoisotopic (exact) mass is 1110 g/mol. The molecular formula is C56H74N8O16. The number of ether oxygens (including phenoxy) is 2. The van der Waals surface area contributed by atoms with E-state index in [4.69, 9.17) is 39.5 Å². The molecule has 0 bridgehead atoms. The van der Waals surface area contributed by atoms with Crippen molar-refractivity contribution >= 4 is 60.2 Å². The minimum absolute atomic E-state index is 0.0760. The van der Waals surface area contributed by atoms with Gasteiger partial charge in [0.25, 0.3) is 23.6 Å². The molecule has 8 N–H and O–H groups in total. The van der Waals surface area contributed by atoms with Gasteiger partial charge in [-0.15, -0.1) is 0 Å². The second kappa shape index (κ2) is 32.9. The summed E-state index contributed by atoms with van der Waals surface area (Å²) >= 11 is 0. The fourth-order valence-electron chi connectivity index (χ4n) is 8.77. The number of amides is 8. The van der Waals surface area contributed by atoms with E-state index in [1.807, 2.05) is 13.8 Å². The standard InChI is InChI=1S/C56H74N8O16/c1-7-13-15-17-37(53(71)59-31-61-55(73)45-25-23-43(77-45)35-19-21-39(51(57)69)47(29-35)75-11-5)41(9-3)63(33-65)79-49(67)27-28-50(68)80-64(34-66)42(10-4)38(18-16-14-8-2)54(72)60-32-62-56(74)46-26-24-44(78-46)36-20-22-40(52(58)70)48(30-36)76-12-6/h19-26,29-30,33-34,37-38,41-42H,7-18,27-28,31-32H2,1-6H3,(H2,57,69)(H2,58,70)(H,59,71)(H,60,72)(H,61,73)(H,62,74)/t37-,38-,41-,42-/m1/s1. The molecule has 2 heterocycles. The molecule has 0 aliphatic carbocycles. The van der Waals surface area contributed by atoms with Gasteiger partial charge >= 0.3 is 11.9 Å². The highest BCUT2D eigenvalue weighted by Crippen LogP contribution is 2.31. The van der Waals surface area contributed by atoms with E-state index in [9.17, 15) is 47.9 Å². The van der Waals surface area contributed by atoms with Gasteiger partial charge in [0.1, 0.15) is 23.0 Å². The molecule has 2 aromatic heterocycles. The summed E-state index contributed by atoms with van der Waals surface area (Å²) in [5, 5.41) is 11.9. The lowest BCUT2D eigenvalue weighted by Gasteiger charge is -2.32. The molecule has 24 heteroatoms. The van der Waals surface area contributed by atoms with Crippen LogP contribution in [0.5, 0.6) is 11.5 Å². The molecule has 0 radical (unpaired) electrons. The lowest BCUT2D eigenvalue weighted by molar-refractivity contribution is -0.209. The Bertz CT molecular complexity index is 2570. The molecule has 434 valence electrons. The molecular weight excluding hydrogens is 1040 g/mol. The number of rotatable bonds is 37. The van der Waals surface area contributed by atoms with Gasteiger partial charge < -0.3 is 60.7 Å². The van der Waals surface area contributed by atoms with E-state index in [0.29, 0.717) is 35.5 Å². The number of nitrogens with two attached hydrogens (primary N) is 2. The Hall–Kier alpha value is -8.70. The summed E-state index contributed by atoms with van der Waals surface area (Å²) in [6, 6.07) is 13.3. The Morgan fingerprint density at radius 2 is 0.925 bits per heavy atom. The predicted molar refractivity (Wildman–Crippen MR) is 289 cm³/mol. The Kier molecular flexibility index (Phi) is 26.3. The van der Waals surface area contributed by atoms with E-state index in [-0.39, 0.29) is 99.2 Å². The average molecular weight is 1120 g/mol. The largest absolute Gasteiger partial charge is 0.493 e. The third-order valence-corrected chi connectivity index (χ3v) is 12.8. The van der Waals surface area contributed by atoms with E-state index in [1.54, 1.807) is 64.1 Å². The van der Waals surface area contributed by atoms with Crippen molar-refractivity contribution in [3.63, 3.8) is 0 Å². The summed E-state index contributed by atoms with van der Waals surface area (Å²) < 4.78 is 22.6. The van der Waals surface area contributed by atoms with Crippen molar-refractivity contribution in [3.05, 3.63) is 83.3 Å². The van der Waals surface area contributed by atoms with Crippen molar-refractivity contribution in [2.24, 2.45) is 23.3 Å². The molecule has 4 rings (SSSR count). The molecule has 0 unspecified atom stereocenters. The molecule has 0 fully saturated rings. The lowest BCUT2D eigenvalue weighted by Crippen LogP contribution is -2.49. The number of furan rings is 2. The topological polar surface area (TPSA) is 341 Å². The molecule has 0 aliphatic rings. The smallest absolute Gasteiger partial charge is 0.333 e. The molecule has 8 amide bonds. The average Bonchev–Trinajstić information content (AvgIpc) is 4.19. The molecule has 0 saturated carbocycles. The fourth-order valence-corrected chi connectivity index (χ4v) is 8.77. The van der Waals surface area contributed by atoms with Gasteiger partial charge in [0, 0.05) is 11.1 Å². The third-order valence-electron chi connectivity index (χ3n) is 12.8. The number of hydroxylamine groups is 4. The number of nitrogens with zero attached hydrogens (tertiary/aromatic N) is 2. The number of primary amides is 2. The second-order valence-corrected chi connectivity index (χ2v) is 18.3. The summed E-state index contributed by atoms with van der Waals surface area (Å²) in [5.41, 5.74) is 12.3. The molecule has 4 aromatic rings. The maximum Gasteiger partial charge on any atom is 0.333 e. The summed E-state index contributed by atoms with van der Waals surface area (Å²) in [6.07, 6.45) is 4.51. The van der Waals surface area contributed by atoms with Gasteiger partial charge in [-0.05, 0) is 88.1 Å². The van der Waals surface area contributed by atoms with Gasteiger partial charge in [-0.3, -0.25) is 38.4 Å². The molecule has 0 saturated heterocycles. The Morgan fingerprint density at radius 3 is 1.25 bits per heavy atom. The van der Waals surface area contributed by atoms with Crippen LogP contribution in [0.3, 0.4) is 0 Å². The quantitative estimate of drug-likeness (QED) is 0.0129. The molecule has 4 atom stereocenters. The first-order valence-electron chi connectivity index (χ1n) is 26.8. The number of hydrogen-bond acceptors (Lipinski definition) is 16. The summed E-state index contributed by atoms with van der Waals surface area (Å²) in [4.78, 5) is 140. The van der Waals surface area contributed by atoms with Crippen molar-refractivity contribution in [3.8, 4) is 34.1 Å². The van der Waals surface area contributed by atoms with Crippen LogP contribution in [0.25, 0.3) is 22.6 Å². The Balaban J connectivity index is 1.33. The van der Waals surface area contributed by atoms with E-state index in [0.717, 1.165) is 35.8 Å². The van der Waals surface area contributed by atoms with E-state index < -0.39 is 84.1 Å². The number of nitrogens with one attached hydrogen (secondary N) is 4. The number of hydrogen-bond donors (Lipinski definition) is 6. The zero-order valence-electron chi connectivity index (χ0n) is 46.1. The van der Waals surface area contributed by atoms with Crippen molar-refractivity contribution in [2.75, 3.05) is 26.6 Å². The highest BCUT2D eigenvalue weighted by Gasteiger charge is 2.36. The first kappa shape index (κ1) is 63.8. The van der Waals surface area contributed by atoms with Gasteiger partial charge in [-0.1, -0.05) is 78.4 Å². The van der Waals surface area contributed by atoms with Crippen LogP contribution < -0.4 is 42.2 Å². The van der Waals surface area contributed by atoms with Crippen LogP contribution in [0.4, 0.5) is 0 Å². The predicted octanol–water partition coefficient (Wildman–Crippen LogP) is 6.07. The molecule has 0 spiro atoms. The summed E-state index contributed by atoms with van der Waals surface area (Å²) in [5.74, 6) is -6.65. The SMILES string of the molecule is CCCCC[C@@H](C(=O)NCNC(=O)c1ccc(-c2ccc(C(N)=O)c(OCC)c2)o1)[C@@H](CC)N(C=O)OC(=O)CCC(=O)ON(C=O)[C@H](CC)[C@@H](CCCCC)C(=O)NCNC(=O)c1ccc(-c2ccc(C(N)=O)c(OCC)c2)o1. The molecule has 0 aliphatic heterocycles. The Labute approximate surface area is 464 Å². The van der Waals surface area contributed by atoms with Gasteiger partial charge in [-0.25, -0.2) is 9.59 Å². The number of benzene rings is 2. The van der Waals surface area contributed by atoms with Gasteiger partial charge in [0.15, 0.2) is 11.5 Å². The number of carbonyl (C=O) groups is 10. The minimum atomic E-state index is -1.02. The van der Waals surface area contributed by atoms with Gasteiger partial charge in [0.2, 0.25) is 24.6 Å². The van der Waals surface area contributed by atoms with Crippen molar-refractivity contribution < 1.29 is 75.9 Å². The number of carbonyl (C=O) groups excluding carboxylic acids is 10. The zero-order valence-corrected chi connectivity index (χ0v) is 46.1. The van der Waals surface area contributed by atoms with Crippen molar-refractivity contribution in [1.29, 1.82) is 0 Å². The fraction of sp³-hybridized carbons (Fsp3) is 0.464. The minimum Gasteiger partial charge on any atom is -0.493 e. The first-order chi connectivity index (χ1) is 38.5. The van der Waals surface area contributed by atoms with E-state index >= 15 is 0 Å². The van der Waals surface area contributed by atoms with Crippen LogP contribution in [0.15, 0.2) is 69.5 Å². The normalized spacial score (nSPS) is 12.3. The zero-order chi connectivity index (χ0) is 58.7. The van der Waals surface area contributed by atoms with E-state index in [2.05, 4.69) is 21.3 Å². The van der Waals surface area contributed by atoms with Crippen LogP contribution in [0.2, 0.25) is 0 Å². The van der Waals surface area contributed by atoms with Crippen LogP contribution in [0.1, 0.15) is 160 Å². The highest BCUT2D eigenvalue weighted by atomic mass is 16.7. The third kappa shape index (κ3) is 18.5. The maximum atomic E-state index is 13.8. The van der Waals surface area contributed by atoms with Crippen molar-refractivity contribution in [1.82, 2.24) is 31.4 Å². The molecule has 24 nitrogen and oxygen atoms in total. The van der Waals surface area contributed by atoms with E-state index in [1.165, 1.54) is 24.3 Å². The van der Waals surface area contributed by atoms with Crippen molar-refractivity contribution in [2.45, 2.75) is 131 Å². The Morgan fingerprint density at radius 1 is 0.537 bits per heavy atom. The van der Waals surface area contributed by atoms with Crippen LogP contribution >= 0.6 is 0 Å². The molecule has 2 aromatic carbocycles. The summed E-state index contributed by atoms with van der Waals surface area (Å²) in [7, 11) is 0. The van der Waals surface area contributed by atoms with Crippen LogP contribution in [-0.4, -0.2) is 109 Å². The first-order valence-corrected chi connectivity index (χ1v) is 26.8. The molecule has 80 heavy (non-hydrogen) atoms.